The van der Waals surface area contributed by atoms with Crippen LogP contribution < -0.4 is 4.74 Å². The zero-order chi connectivity index (χ0) is 26.0. The Morgan fingerprint density at radius 2 is 1.89 bits per heavy atom. The molecular weight excluding hydrogens is 456 g/mol. The monoisotopic (exact) mass is 490 g/mol. The fourth-order valence-corrected chi connectivity index (χ4v) is 4.77. The summed E-state index contributed by atoms with van der Waals surface area (Å²) in [5.41, 5.74) is 3.21. The van der Waals surface area contributed by atoms with Crippen molar-refractivity contribution in [1.29, 1.82) is 0 Å². The number of aliphatic hydroxyl groups excluding tert-OH is 1. The molecule has 1 amide bonds. The summed E-state index contributed by atoms with van der Waals surface area (Å²) in [6.07, 6.45) is 2.51. The number of rotatable bonds is 9. The van der Waals surface area contributed by atoms with E-state index in [-0.39, 0.29) is 11.3 Å². The van der Waals surface area contributed by atoms with Gasteiger partial charge in [0.1, 0.15) is 11.5 Å². The van der Waals surface area contributed by atoms with Crippen LogP contribution in [0.2, 0.25) is 0 Å². The molecule has 2 aromatic carbocycles. The van der Waals surface area contributed by atoms with E-state index in [0.29, 0.717) is 37.7 Å². The normalized spacial score (nSPS) is 17.5. The first-order valence-corrected chi connectivity index (χ1v) is 12.3. The SMILES string of the molecule is COCCCN1C(=O)C(=O)/C(=C(/O)c2ccc(OCC(C)C)c(C)c2)C1c1cn(C)c2ccccc12. The maximum Gasteiger partial charge on any atom is 0.295 e. The van der Waals surface area contributed by atoms with Crippen molar-refractivity contribution < 1.29 is 24.2 Å². The lowest BCUT2D eigenvalue weighted by Gasteiger charge is -2.25. The Labute approximate surface area is 211 Å². The second kappa shape index (κ2) is 10.6. The molecule has 1 atom stereocenters. The molecule has 0 aliphatic carbocycles. The molecular formula is C29H34N2O5. The molecule has 0 bridgehead atoms. The fourth-order valence-electron chi connectivity index (χ4n) is 4.77. The van der Waals surface area contributed by atoms with E-state index in [2.05, 4.69) is 13.8 Å². The van der Waals surface area contributed by atoms with Crippen LogP contribution in [0.25, 0.3) is 16.7 Å². The van der Waals surface area contributed by atoms with Crippen LogP contribution >= 0.6 is 0 Å². The molecule has 3 aromatic rings. The highest BCUT2D eigenvalue weighted by Crippen LogP contribution is 2.42. The van der Waals surface area contributed by atoms with Gasteiger partial charge < -0.3 is 24.0 Å². The summed E-state index contributed by atoms with van der Waals surface area (Å²) < 4.78 is 13.0. The predicted octanol–water partition coefficient (Wildman–Crippen LogP) is 4.98. The predicted molar refractivity (Wildman–Crippen MR) is 140 cm³/mol. The quantitative estimate of drug-likeness (QED) is 0.198. The number of ether oxygens (including phenoxy) is 2. The Morgan fingerprint density at radius 3 is 2.58 bits per heavy atom. The van der Waals surface area contributed by atoms with E-state index in [0.717, 1.165) is 27.8 Å². The number of carbonyl (C=O) groups excluding carboxylic acids is 2. The van der Waals surface area contributed by atoms with Crippen LogP contribution in [0.5, 0.6) is 5.75 Å². The highest BCUT2D eigenvalue weighted by atomic mass is 16.5. The number of ketones is 1. The van der Waals surface area contributed by atoms with Crippen molar-refractivity contribution >= 4 is 28.4 Å². The van der Waals surface area contributed by atoms with Crippen molar-refractivity contribution in [3.05, 3.63) is 70.9 Å². The van der Waals surface area contributed by atoms with Gasteiger partial charge in [0, 0.05) is 55.5 Å². The number of hydrogen-bond acceptors (Lipinski definition) is 5. The Hall–Kier alpha value is -3.58. The van der Waals surface area contributed by atoms with Gasteiger partial charge in [0.05, 0.1) is 18.2 Å². The fraction of sp³-hybridized carbons (Fsp3) is 0.379. The molecule has 2 heterocycles. The maximum absolute atomic E-state index is 13.3. The third kappa shape index (κ3) is 4.75. The molecule has 7 heteroatoms. The molecule has 36 heavy (non-hydrogen) atoms. The van der Waals surface area contributed by atoms with Crippen LogP contribution in [0.3, 0.4) is 0 Å². The van der Waals surface area contributed by atoms with Crippen molar-refractivity contribution in [2.24, 2.45) is 13.0 Å². The molecule has 1 fully saturated rings. The molecule has 190 valence electrons. The average Bonchev–Trinajstić information content (AvgIpc) is 3.31. The van der Waals surface area contributed by atoms with Crippen molar-refractivity contribution in [1.82, 2.24) is 9.47 Å². The number of amides is 1. The van der Waals surface area contributed by atoms with E-state index in [1.807, 2.05) is 49.0 Å². The molecule has 0 radical (unpaired) electrons. The van der Waals surface area contributed by atoms with Gasteiger partial charge in [-0.15, -0.1) is 0 Å². The lowest BCUT2D eigenvalue weighted by molar-refractivity contribution is -0.140. The highest BCUT2D eigenvalue weighted by Gasteiger charge is 2.46. The van der Waals surface area contributed by atoms with Gasteiger partial charge in [0.15, 0.2) is 0 Å². The number of aliphatic hydroxyl groups is 1. The lowest BCUT2D eigenvalue weighted by atomic mass is 9.94. The van der Waals surface area contributed by atoms with E-state index < -0.39 is 17.7 Å². The van der Waals surface area contributed by atoms with Gasteiger partial charge in [-0.05, 0) is 49.1 Å². The summed E-state index contributed by atoms with van der Waals surface area (Å²) in [5, 5.41) is 12.4. The molecule has 1 aromatic heterocycles. The number of carbonyl (C=O) groups is 2. The maximum atomic E-state index is 13.3. The summed E-state index contributed by atoms with van der Waals surface area (Å²) in [7, 11) is 3.54. The van der Waals surface area contributed by atoms with E-state index in [9.17, 15) is 14.7 Å². The average molecular weight is 491 g/mol. The molecule has 1 saturated heterocycles. The summed E-state index contributed by atoms with van der Waals surface area (Å²) in [6, 6.07) is 12.5. The minimum atomic E-state index is -0.704. The van der Waals surface area contributed by atoms with E-state index in [1.165, 1.54) is 0 Å². The first kappa shape index (κ1) is 25.5. The molecule has 1 unspecified atom stereocenters. The van der Waals surface area contributed by atoms with Crippen LogP contribution in [0, 0.1) is 12.8 Å². The van der Waals surface area contributed by atoms with Gasteiger partial charge in [-0.2, -0.15) is 0 Å². The minimum Gasteiger partial charge on any atom is -0.507 e. The Kier molecular flexibility index (Phi) is 7.50. The van der Waals surface area contributed by atoms with Gasteiger partial charge in [-0.3, -0.25) is 9.59 Å². The van der Waals surface area contributed by atoms with Crippen LogP contribution in [0.4, 0.5) is 0 Å². The zero-order valence-corrected chi connectivity index (χ0v) is 21.6. The number of aryl methyl sites for hydroxylation is 2. The second-order valence-corrected chi connectivity index (χ2v) is 9.74. The summed E-state index contributed by atoms with van der Waals surface area (Å²) in [4.78, 5) is 28.1. The molecule has 7 nitrogen and oxygen atoms in total. The van der Waals surface area contributed by atoms with Crippen molar-refractivity contribution in [2.75, 3.05) is 26.9 Å². The number of hydrogen-bond donors (Lipinski definition) is 1. The minimum absolute atomic E-state index is 0.101. The number of methoxy groups -OCH3 is 1. The third-order valence-electron chi connectivity index (χ3n) is 6.53. The van der Waals surface area contributed by atoms with Crippen molar-refractivity contribution in [3.63, 3.8) is 0 Å². The number of aromatic nitrogens is 1. The molecule has 1 N–H and O–H groups in total. The van der Waals surface area contributed by atoms with Crippen molar-refractivity contribution in [3.8, 4) is 5.75 Å². The number of fused-ring (bicyclic) bond motifs is 1. The number of benzene rings is 2. The van der Waals surface area contributed by atoms with Crippen LogP contribution in [0.15, 0.2) is 54.2 Å². The zero-order valence-electron chi connectivity index (χ0n) is 21.6. The van der Waals surface area contributed by atoms with E-state index >= 15 is 0 Å². The van der Waals surface area contributed by atoms with Gasteiger partial charge in [0.2, 0.25) is 0 Å². The summed E-state index contributed by atoms with van der Waals surface area (Å²) >= 11 is 0. The van der Waals surface area contributed by atoms with Gasteiger partial charge in [-0.25, -0.2) is 0 Å². The smallest absolute Gasteiger partial charge is 0.295 e. The molecule has 0 spiro atoms. The van der Waals surface area contributed by atoms with Crippen LogP contribution in [-0.4, -0.2) is 53.1 Å². The Morgan fingerprint density at radius 1 is 1.14 bits per heavy atom. The number of likely N-dealkylation sites (tertiary alicyclic amines) is 1. The Balaban J connectivity index is 1.84. The van der Waals surface area contributed by atoms with Gasteiger partial charge >= 0.3 is 0 Å². The standard InChI is InChI=1S/C29H34N2O5/c1-18(2)17-36-24-12-11-20(15-19(24)3)27(32)25-26(31(13-8-14-35-5)29(34)28(25)33)22-16-30(4)23-10-7-6-9-21(22)23/h6-7,9-12,15-16,18,26,32H,8,13-14,17H2,1-5H3/b27-25+. The first-order valence-electron chi connectivity index (χ1n) is 12.3. The number of para-hydroxylation sites is 1. The van der Waals surface area contributed by atoms with Gasteiger partial charge in [-0.1, -0.05) is 32.0 Å². The third-order valence-corrected chi connectivity index (χ3v) is 6.53. The van der Waals surface area contributed by atoms with Crippen molar-refractivity contribution in [2.45, 2.75) is 33.2 Å². The van der Waals surface area contributed by atoms with E-state index in [1.54, 1.807) is 30.2 Å². The molecule has 1 aliphatic rings. The largest absolute Gasteiger partial charge is 0.507 e. The topological polar surface area (TPSA) is 81.0 Å². The molecule has 1 aliphatic heterocycles. The highest BCUT2D eigenvalue weighted by molar-refractivity contribution is 6.46. The number of Topliss-reactive ketones (excluding diaryl/α,β-unsaturated/α-hetero) is 1. The first-order chi connectivity index (χ1) is 17.2. The van der Waals surface area contributed by atoms with E-state index in [4.69, 9.17) is 9.47 Å². The van der Waals surface area contributed by atoms with Gasteiger partial charge in [0.25, 0.3) is 11.7 Å². The lowest BCUT2D eigenvalue weighted by Crippen LogP contribution is -2.31. The molecule has 0 saturated carbocycles. The van der Waals surface area contributed by atoms with Crippen LogP contribution in [-0.2, 0) is 21.4 Å². The second-order valence-electron chi connectivity index (χ2n) is 9.74. The molecule has 4 rings (SSSR count). The summed E-state index contributed by atoms with van der Waals surface area (Å²) in [5.74, 6) is -0.364. The Bertz CT molecular complexity index is 1320. The number of nitrogens with zero attached hydrogens (tertiary/aromatic N) is 2. The summed E-state index contributed by atoms with van der Waals surface area (Å²) in [6.45, 7) is 7.44. The van der Waals surface area contributed by atoms with Crippen LogP contribution in [0.1, 0.15) is 43.0 Å².